The number of amides is 1. The fourth-order valence-electron chi connectivity index (χ4n) is 3.30. The molecule has 1 aromatic carbocycles. The van der Waals surface area contributed by atoms with E-state index in [1.54, 1.807) is 33.9 Å². The summed E-state index contributed by atoms with van der Waals surface area (Å²) in [4.78, 5) is 29.3. The fraction of sp³-hybridized carbons (Fsp3) is 0.350. The first kappa shape index (κ1) is 21.7. The van der Waals surface area contributed by atoms with Gasteiger partial charge >= 0.3 is 0 Å². The van der Waals surface area contributed by atoms with Gasteiger partial charge in [0, 0.05) is 43.2 Å². The summed E-state index contributed by atoms with van der Waals surface area (Å²) in [6.07, 6.45) is 0. The lowest BCUT2D eigenvalue weighted by molar-refractivity contribution is 0.0784. The number of H-pyrrole nitrogens is 1. The summed E-state index contributed by atoms with van der Waals surface area (Å²) in [5.74, 6) is 0.197. The lowest BCUT2D eigenvalue weighted by Gasteiger charge is -2.20. The minimum Gasteiger partial charge on any atom is -0.361 e. The first-order valence-corrected chi connectivity index (χ1v) is 11.0. The molecule has 160 valence electrons. The van der Waals surface area contributed by atoms with Crippen molar-refractivity contribution in [3.8, 4) is 0 Å². The quantitative estimate of drug-likeness (QED) is 0.611. The molecule has 0 saturated carbocycles. The third-order valence-corrected chi connectivity index (χ3v) is 6.86. The first-order chi connectivity index (χ1) is 14.2. The molecule has 10 heteroatoms. The second kappa shape index (κ2) is 8.41. The van der Waals surface area contributed by atoms with Crippen LogP contribution in [0.4, 0.5) is 0 Å². The molecule has 3 aromatic rings. The molecular formula is C20H24N4O5S. The van der Waals surface area contributed by atoms with E-state index >= 15 is 0 Å². The molecule has 1 amide bonds. The molecule has 3 rings (SSSR count). The molecule has 0 atom stereocenters. The molecular weight excluding hydrogens is 408 g/mol. The predicted octanol–water partition coefficient (Wildman–Crippen LogP) is 2.13. The summed E-state index contributed by atoms with van der Waals surface area (Å²) >= 11 is 0. The highest BCUT2D eigenvalue weighted by atomic mass is 32.2. The van der Waals surface area contributed by atoms with Crippen molar-refractivity contribution in [1.29, 1.82) is 0 Å². The number of aryl methyl sites for hydroxylation is 1. The van der Waals surface area contributed by atoms with Gasteiger partial charge in [-0.2, -0.15) is 4.31 Å². The summed E-state index contributed by atoms with van der Waals surface area (Å²) in [5, 5.41) is 4.23. The van der Waals surface area contributed by atoms with Crippen molar-refractivity contribution in [2.45, 2.75) is 32.2 Å². The summed E-state index contributed by atoms with van der Waals surface area (Å²) in [6.45, 7) is 6.11. The van der Waals surface area contributed by atoms with E-state index in [0.717, 1.165) is 0 Å². The van der Waals surface area contributed by atoms with Gasteiger partial charge in [0.15, 0.2) is 0 Å². The molecule has 0 fully saturated rings. The van der Waals surface area contributed by atoms with Crippen LogP contribution in [0.2, 0.25) is 0 Å². The van der Waals surface area contributed by atoms with Crippen LogP contribution in [0.15, 0.2) is 44.5 Å². The minimum absolute atomic E-state index is 0.0644. The predicted molar refractivity (Wildman–Crippen MR) is 112 cm³/mol. The summed E-state index contributed by atoms with van der Waals surface area (Å²) < 4.78 is 32.2. The average molecular weight is 433 g/mol. The Morgan fingerprint density at radius 3 is 2.47 bits per heavy atom. The van der Waals surface area contributed by atoms with Crippen LogP contribution in [-0.4, -0.2) is 53.8 Å². The number of carbonyl (C=O) groups excluding carboxylic acids is 1. The number of pyridine rings is 1. The largest absolute Gasteiger partial charge is 0.361 e. The standard InChI is InChI=1S/C20H24N4O5S/c1-5-24(6-2)30(27,28)15-7-8-18-16(10-15)17(11-19(25)21-18)20(26)23(4)12-14-9-13(3)29-22-14/h7-11H,5-6,12H2,1-4H3,(H,21,25). The zero-order chi connectivity index (χ0) is 22.1. The van der Waals surface area contributed by atoms with E-state index in [9.17, 15) is 18.0 Å². The lowest BCUT2D eigenvalue weighted by atomic mass is 10.1. The van der Waals surface area contributed by atoms with Crippen molar-refractivity contribution in [1.82, 2.24) is 19.3 Å². The third kappa shape index (κ3) is 4.14. The zero-order valence-corrected chi connectivity index (χ0v) is 18.1. The Morgan fingerprint density at radius 1 is 1.17 bits per heavy atom. The third-order valence-electron chi connectivity index (χ3n) is 4.81. The number of hydrogen-bond acceptors (Lipinski definition) is 6. The molecule has 0 aliphatic heterocycles. The van der Waals surface area contributed by atoms with Crippen molar-refractivity contribution >= 4 is 26.8 Å². The van der Waals surface area contributed by atoms with E-state index < -0.39 is 21.5 Å². The van der Waals surface area contributed by atoms with E-state index in [1.807, 2.05) is 0 Å². The Bertz CT molecular complexity index is 1240. The van der Waals surface area contributed by atoms with Crippen LogP contribution in [0.25, 0.3) is 10.9 Å². The number of aromatic amines is 1. The van der Waals surface area contributed by atoms with Gasteiger partial charge in [-0.25, -0.2) is 8.42 Å². The maximum atomic E-state index is 13.1. The van der Waals surface area contributed by atoms with E-state index in [4.69, 9.17) is 4.52 Å². The molecule has 0 bridgehead atoms. The zero-order valence-electron chi connectivity index (χ0n) is 17.3. The number of rotatable bonds is 7. The lowest BCUT2D eigenvalue weighted by Crippen LogP contribution is -2.30. The molecule has 0 aliphatic rings. The number of fused-ring (bicyclic) bond motifs is 1. The molecule has 0 spiro atoms. The average Bonchev–Trinajstić information content (AvgIpc) is 3.11. The van der Waals surface area contributed by atoms with Crippen LogP contribution in [0, 0.1) is 6.92 Å². The Hall–Kier alpha value is -2.98. The summed E-state index contributed by atoms with van der Waals surface area (Å²) in [6, 6.07) is 7.27. The van der Waals surface area contributed by atoms with Crippen molar-refractivity contribution in [3.63, 3.8) is 0 Å². The van der Waals surface area contributed by atoms with Gasteiger partial charge in [-0.1, -0.05) is 19.0 Å². The monoisotopic (exact) mass is 432 g/mol. The van der Waals surface area contributed by atoms with Gasteiger partial charge in [-0.3, -0.25) is 9.59 Å². The number of nitrogens with one attached hydrogen (secondary N) is 1. The molecule has 0 unspecified atom stereocenters. The topological polar surface area (TPSA) is 117 Å². The van der Waals surface area contributed by atoms with Crippen molar-refractivity contribution in [2.75, 3.05) is 20.1 Å². The molecule has 9 nitrogen and oxygen atoms in total. The van der Waals surface area contributed by atoms with Crippen LogP contribution in [0.5, 0.6) is 0 Å². The van der Waals surface area contributed by atoms with Gasteiger partial charge in [-0.05, 0) is 25.1 Å². The molecule has 1 N–H and O–H groups in total. The second-order valence-electron chi connectivity index (χ2n) is 6.93. The van der Waals surface area contributed by atoms with Crippen molar-refractivity contribution in [3.05, 3.63) is 57.7 Å². The summed E-state index contributed by atoms with van der Waals surface area (Å²) in [7, 11) is -2.14. The molecule has 0 aliphatic carbocycles. The maximum absolute atomic E-state index is 13.1. The van der Waals surface area contributed by atoms with Crippen LogP contribution in [0.3, 0.4) is 0 Å². The van der Waals surface area contributed by atoms with E-state index in [2.05, 4.69) is 10.1 Å². The van der Waals surface area contributed by atoms with Crippen LogP contribution < -0.4 is 5.56 Å². The van der Waals surface area contributed by atoms with Crippen molar-refractivity contribution in [2.24, 2.45) is 0 Å². The Kier molecular flexibility index (Phi) is 6.09. The smallest absolute Gasteiger partial charge is 0.254 e. The molecule has 0 saturated heterocycles. The van der Waals surface area contributed by atoms with Gasteiger partial charge < -0.3 is 14.4 Å². The number of aromatic nitrogens is 2. The van der Waals surface area contributed by atoms with Gasteiger partial charge in [0.25, 0.3) is 5.91 Å². The van der Waals surface area contributed by atoms with E-state index in [-0.39, 0.29) is 17.0 Å². The highest BCUT2D eigenvalue weighted by molar-refractivity contribution is 7.89. The van der Waals surface area contributed by atoms with Gasteiger partial charge in [0.1, 0.15) is 11.5 Å². The van der Waals surface area contributed by atoms with Crippen molar-refractivity contribution < 1.29 is 17.7 Å². The summed E-state index contributed by atoms with van der Waals surface area (Å²) in [5.41, 5.74) is 0.626. The first-order valence-electron chi connectivity index (χ1n) is 9.52. The molecule has 30 heavy (non-hydrogen) atoms. The number of sulfonamides is 1. The molecule has 2 aromatic heterocycles. The highest BCUT2D eigenvalue weighted by Gasteiger charge is 2.24. The van der Waals surface area contributed by atoms with E-state index in [0.29, 0.717) is 35.4 Å². The van der Waals surface area contributed by atoms with E-state index in [1.165, 1.54) is 33.5 Å². The highest BCUT2D eigenvalue weighted by Crippen LogP contribution is 2.24. The molecule has 0 radical (unpaired) electrons. The van der Waals surface area contributed by atoms with Gasteiger partial charge in [-0.15, -0.1) is 0 Å². The Labute approximate surface area is 174 Å². The minimum atomic E-state index is -3.72. The second-order valence-corrected chi connectivity index (χ2v) is 8.87. The number of hydrogen-bond donors (Lipinski definition) is 1. The van der Waals surface area contributed by atoms with Crippen LogP contribution >= 0.6 is 0 Å². The van der Waals surface area contributed by atoms with Gasteiger partial charge in [0.2, 0.25) is 15.6 Å². The number of carbonyl (C=O) groups is 1. The normalized spacial score (nSPS) is 11.9. The maximum Gasteiger partial charge on any atom is 0.254 e. The van der Waals surface area contributed by atoms with Crippen LogP contribution in [-0.2, 0) is 16.6 Å². The number of nitrogens with zero attached hydrogens (tertiary/aromatic N) is 3. The van der Waals surface area contributed by atoms with Gasteiger partial charge in [0.05, 0.1) is 17.0 Å². The van der Waals surface area contributed by atoms with Crippen LogP contribution in [0.1, 0.15) is 35.7 Å². The fourth-order valence-corrected chi connectivity index (χ4v) is 4.78. The Morgan fingerprint density at radius 2 is 1.87 bits per heavy atom. The Balaban J connectivity index is 2.07. The molecule has 2 heterocycles. The SMILES string of the molecule is CCN(CC)S(=O)(=O)c1ccc2[nH]c(=O)cc(C(=O)N(C)Cc3cc(C)on3)c2c1. The number of benzene rings is 1.